The number of ether oxygens (including phenoxy) is 2. The number of amides is 1. The van der Waals surface area contributed by atoms with Gasteiger partial charge in [0, 0.05) is 12.0 Å². The van der Waals surface area contributed by atoms with Gasteiger partial charge in [-0.3, -0.25) is 4.79 Å². The molecule has 1 aliphatic rings. The second-order valence-electron chi connectivity index (χ2n) is 5.33. The van der Waals surface area contributed by atoms with Crippen LogP contribution in [0.25, 0.3) is 0 Å². The van der Waals surface area contributed by atoms with E-state index in [-0.39, 0.29) is 5.91 Å². The average Bonchev–Trinajstić information content (AvgIpc) is 2.84. The molecule has 124 valence electrons. The molecule has 0 saturated heterocycles. The van der Waals surface area contributed by atoms with Gasteiger partial charge in [-0.05, 0) is 37.3 Å². The molecular formula is C18H17ClN2O3. The van der Waals surface area contributed by atoms with Gasteiger partial charge < -0.3 is 9.47 Å². The minimum atomic E-state index is -0.353. The van der Waals surface area contributed by atoms with Crippen LogP contribution in [0.2, 0.25) is 5.02 Å². The normalized spacial score (nSPS) is 14.0. The van der Waals surface area contributed by atoms with Crippen molar-refractivity contribution >= 4 is 23.2 Å². The number of hydrogen-bond acceptors (Lipinski definition) is 4. The lowest BCUT2D eigenvalue weighted by atomic mass is 10.1. The first kappa shape index (κ1) is 16.3. The quantitative estimate of drug-likeness (QED) is 0.683. The van der Waals surface area contributed by atoms with E-state index in [0.717, 1.165) is 17.7 Å². The average molecular weight is 345 g/mol. The third-order valence-electron chi connectivity index (χ3n) is 3.61. The molecule has 1 amide bonds. The summed E-state index contributed by atoms with van der Waals surface area (Å²) in [7, 11) is 0. The van der Waals surface area contributed by atoms with Crippen molar-refractivity contribution in [1.82, 2.24) is 5.43 Å². The van der Waals surface area contributed by atoms with E-state index in [4.69, 9.17) is 21.1 Å². The zero-order valence-corrected chi connectivity index (χ0v) is 14.0. The molecule has 5 nitrogen and oxygen atoms in total. The molecule has 6 heteroatoms. The van der Waals surface area contributed by atoms with Gasteiger partial charge in [0.25, 0.3) is 5.91 Å². The Morgan fingerprint density at radius 1 is 1.12 bits per heavy atom. The van der Waals surface area contributed by atoms with E-state index in [1.54, 1.807) is 24.3 Å². The highest BCUT2D eigenvalue weighted by Gasteiger charge is 2.12. The van der Waals surface area contributed by atoms with Crippen molar-refractivity contribution in [1.29, 1.82) is 0 Å². The maximum Gasteiger partial charge on any atom is 0.272 e. The summed E-state index contributed by atoms with van der Waals surface area (Å²) >= 11 is 6.01. The van der Waals surface area contributed by atoms with Crippen LogP contribution in [0.5, 0.6) is 11.5 Å². The molecule has 1 aliphatic heterocycles. The van der Waals surface area contributed by atoms with Crippen molar-refractivity contribution in [2.24, 2.45) is 5.10 Å². The number of benzene rings is 2. The first-order valence-electron chi connectivity index (χ1n) is 7.64. The minimum Gasteiger partial charge on any atom is -0.490 e. The van der Waals surface area contributed by atoms with Gasteiger partial charge in [0.15, 0.2) is 11.5 Å². The van der Waals surface area contributed by atoms with Gasteiger partial charge in [-0.15, -0.1) is 0 Å². The van der Waals surface area contributed by atoms with E-state index < -0.39 is 0 Å². The van der Waals surface area contributed by atoms with Gasteiger partial charge in [-0.25, -0.2) is 5.43 Å². The predicted molar refractivity (Wildman–Crippen MR) is 93.2 cm³/mol. The van der Waals surface area contributed by atoms with Crippen LogP contribution in [-0.4, -0.2) is 24.8 Å². The third kappa shape index (κ3) is 3.68. The zero-order valence-electron chi connectivity index (χ0n) is 13.2. The van der Waals surface area contributed by atoms with E-state index in [1.165, 1.54) is 0 Å². The highest BCUT2D eigenvalue weighted by atomic mass is 35.5. The molecule has 2 aromatic rings. The van der Waals surface area contributed by atoms with Crippen molar-refractivity contribution in [3.63, 3.8) is 0 Å². The molecule has 1 heterocycles. The van der Waals surface area contributed by atoms with Gasteiger partial charge in [-0.1, -0.05) is 23.7 Å². The maximum atomic E-state index is 12.1. The molecule has 0 aromatic heterocycles. The molecule has 0 unspecified atom stereocenters. The van der Waals surface area contributed by atoms with E-state index >= 15 is 0 Å². The SMILES string of the molecule is C/C(=N/NC(=O)c1ccccc1Cl)c1ccc2c(c1)OCCCO2. The van der Waals surface area contributed by atoms with Gasteiger partial charge in [0.2, 0.25) is 0 Å². The number of carbonyl (C=O) groups excluding carboxylic acids is 1. The van der Waals surface area contributed by atoms with E-state index in [9.17, 15) is 4.79 Å². The van der Waals surface area contributed by atoms with Gasteiger partial charge in [0.1, 0.15) is 0 Å². The molecule has 3 rings (SSSR count). The highest BCUT2D eigenvalue weighted by Crippen LogP contribution is 2.30. The standard InChI is InChI=1S/C18H17ClN2O3/c1-12(20-21-18(22)14-5-2-3-6-15(14)19)13-7-8-16-17(11-13)24-10-4-9-23-16/h2-3,5-8,11H,4,9-10H2,1H3,(H,21,22)/b20-12-. The summed E-state index contributed by atoms with van der Waals surface area (Å²) in [6.45, 7) is 3.08. The number of halogens is 1. The van der Waals surface area contributed by atoms with Crippen LogP contribution in [0, 0.1) is 0 Å². The van der Waals surface area contributed by atoms with E-state index in [0.29, 0.717) is 35.3 Å². The first-order chi connectivity index (χ1) is 11.6. The predicted octanol–water partition coefficient (Wildman–Crippen LogP) is 3.66. The number of rotatable bonds is 3. The Balaban J connectivity index is 1.75. The van der Waals surface area contributed by atoms with E-state index in [1.807, 2.05) is 25.1 Å². The molecule has 0 radical (unpaired) electrons. The van der Waals surface area contributed by atoms with Gasteiger partial charge in [0.05, 0.1) is 29.5 Å². The lowest BCUT2D eigenvalue weighted by molar-refractivity contribution is 0.0955. The van der Waals surface area contributed by atoms with Crippen LogP contribution in [0.1, 0.15) is 29.3 Å². The fraction of sp³-hybridized carbons (Fsp3) is 0.222. The Morgan fingerprint density at radius 2 is 1.88 bits per heavy atom. The lowest BCUT2D eigenvalue weighted by Crippen LogP contribution is -2.19. The number of fused-ring (bicyclic) bond motifs is 1. The molecule has 0 spiro atoms. The van der Waals surface area contributed by atoms with Gasteiger partial charge in [-0.2, -0.15) is 5.10 Å². The lowest BCUT2D eigenvalue weighted by Gasteiger charge is -2.09. The maximum absolute atomic E-state index is 12.1. The molecule has 0 saturated carbocycles. The monoisotopic (exact) mass is 344 g/mol. The fourth-order valence-corrected chi connectivity index (χ4v) is 2.51. The Kier molecular flexibility index (Phi) is 5.01. The summed E-state index contributed by atoms with van der Waals surface area (Å²) in [4.78, 5) is 12.1. The molecule has 0 fully saturated rings. The van der Waals surface area contributed by atoms with Crippen LogP contribution in [0.15, 0.2) is 47.6 Å². The minimum absolute atomic E-state index is 0.353. The summed E-state index contributed by atoms with van der Waals surface area (Å²) in [5.41, 5.74) is 4.41. The van der Waals surface area contributed by atoms with Crippen molar-refractivity contribution in [2.45, 2.75) is 13.3 Å². The summed E-state index contributed by atoms with van der Waals surface area (Å²) in [5.74, 6) is 1.07. The Morgan fingerprint density at radius 3 is 2.67 bits per heavy atom. The van der Waals surface area contributed by atoms with Crippen molar-refractivity contribution < 1.29 is 14.3 Å². The van der Waals surface area contributed by atoms with Crippen LogP contribution < -0.4 is 14.9 Å². The summed E-state index contributed by atoms with van der Waals surface area (Å²) in [5, 5.41) is 4.53. The van der Waals surface area contributed by atoms with Crippen molar-refractivity contribution in [2.75, 3.05) is 13.2 Å². The second kappa shape index (κ2) is 7.36. The second-order valence-corrected chi connectivity index (χ2v) is 5.74. The molecule has 24 heavy (non-hydrogen) atoms. The van der Waals surface area contributed by atoms with Crippen molar-refractivity contribution in [3.05, 3.63) is 58.6 Å². The van der Waals surface area contributed by atoms with Crippen molar-refractivity contribution in [3.8, 4) is 11.5 Å². The molecule has 0 bridgehead atoms. The zero-order chi connectivity index (χ0) is 16.9. The number of nitrogens with zero attached hydrogens (tertiary/aromatic N) is 1. The fourth-order valence-electron chi connectivity index (χ4n) is 2.29. The molecule has 1 N–H and O–H groups in total. The number of nitrogens with one attached hydrogen (secondary N) is 1. The summed E-state index contributed by atoms with van der Waals surface area (Å²) in [6.07, 6.45) is 0.852. The molecule has 0 atom stereocenters. The number of carbonyl (C=O) groups is 1. The molecule has 2 aromatic carbocycles. The van der Waals surface area contributed by atoms with Gasteiger partial charge >= 0.3 is 0 Å². The Bertz CT molecular complexity index is 790. The third-order valence-corrected chi connectivity index (χ3v) is 3.94. The first-order valence-corrected chi connectivity index (χ1v) is 8.02. The molecule has 0 aliphatic carbocycles. The van der Waals surface area contributed by atoms with Crippen LogP contribution in [0.4, 0.5) is 0 Å². The topological polar surface area (TPSA) is 59.9 Å². The number of hydrogen-bond donors (Lipinski definition) is 1. The van der Waals surface area contributed by atoms with Crippen LogP contribution in [0.3, 0.4) is 0 Å². The molecular weight excluding hydrogens is 328 g/mol. The number of hydrazone groups is 1. The van der Waals surface area contributed by atoms with Crippen LogP contribution in [-0.2, 0) is 0 Å². The highest BCUT2D eigenvalue weighted by molar-refractivity contribution is 6.33. The summed E-state index contributed by atoms with van der Waals surface area (Å²) in [6, 6.07) is 12.4. The summed E-state index contributed by atoms with van der Waals surface area (Å²) < 4.78 is 11.3. The van der Waals surface area contributed by atoms with E-state index in [2.05, 4.69) is 10.5 Å². The smallest absolute Gasteiger partial charge is 0.272 e. The Labute approximate surface area is 145 Å². The Hall–Kier alpha value is -2.53. The van der Waals surface area contributed by atoms with Crippen LogP contribution >= 0.6 is 11.6 Å². The largest absolute Gasteiger partial charge is 0.490 e.